The van der Waals surface area contributed by atoms with E-state index in [1.807, 2.05) is 41.3 Å². The molecule has 5 heteroatoms. The smallest absolute Gasteiger partial charge is 0.228 e. The fourth-order valence-corrected chi connectivity index (χ4v) is 4.27. The predicted molar refractivity (Wildman–Crippen MR) is 112 cm³/mol. The van der Waals surface area contributed by atoms with Gasteiger partial charge in [-0.1, -0.05) is 30.3 Å². The van der Waals surface area contributed by atoms with Crippen LogP contribution in [0.4, 0.5) is 11.4 Å². The average Bonchev–Trinajstić information content (AvgIpc) is 3.03. The van der Waals surface area contributed by atoms with E-state index < -0.39 is 0 Å². The van der Waals surface area contributed by atoms with Crippen molar-refractivity contribution in [1.82, 2.24) is 4.90 Å². The zero-order valence-electron chi connectivity index (χ0n) is 16.2. The first-order chi connectivity index (χ1) is 13.8. The van der Waals surface area contributed by atoms with Crippen LogP contribution in [0.2, 0.25) is 0 Å². The highest BCUT2D eigenvalue weighted by molar-refractivity contribution is 5.95. The Labute approximate surface area is 166 Å². The summed E-state index contributed by atoms with van der Waals surface area (Å²) < 4.78 is 0. The molecule has 1 amide bonds. The van der Waals surface area contributed by atoms with Crippen LogP contribution in [0.15, 0.2) is 48.5 Å². The van der Waals surface area contributed by atoms with Crippen LogP contribution in [0.5, 0.6) is 0 Å². The van der Waals surface area contributed by atoms with Gasteiger partial charge in [0, 0.05) is 44.8 Å². The second-order valence-corrected chi connectivity index (χ2v) is 7.49. The minimum atomic E-state index is 0.223. The highest BCUT2D eigenvalue weighted by atomic mass is 16.2. The lowest BCUT2D eigenvalue weighted by Crippen LogP contribution is -2.35. The lowest BCUT2D eigenvalue weighted by Gasteiger charge is -2.25. The van der Waals surface area contributed by atoms with E-state index in [4.69, 9.17) is 0 Å². The third-order valence-corrected chi connectivity index (χ3v) is 5.78. The Morgan fingerprint density at radius 2 is 1.71 bits per heavy atom. The molecule has 2 aliphatic heterocycles. The first-order valence-corrected chi connectivity index (χ1v) is 10.1. The van der Waals surface area contributed by atoms with Gasteiger partial charge in [0.1, 0.15) is 6.07 Å². The van der Waals surface area contributed by atoms with E-state index in [9.17, 15) is 10.1 Å². The third-order valence-electron chi connectivity index (χ3n) is 5.78. The minimum Gasteiger partial charge on any atom is -0.369 e. The summed E-state index contributed by atoms with van der Waals surface area (Å²) in [5.41, 5.74) is 4.12. The van der Waals surface area contributed by atoms with Crippen LogP contribution in [0.1, 0.15) is 24.0 Å². The largest absolute Gasteiger partial charge is 0.369 e. The van der Waals surface area contributed by atoms with Crippen molar-refractivity contribution in [3.63, 3.8) is 0 Å². The van der Waals surface area contributed by atoms with Gasteiger partial charge in [0.25, 0.3) is 0 Å². The van der Waals surface area contributed by atoms with Gasteiger partial charge >= 0.3 is 0 Å². The molecule has 0 saturated carbocycles. The summed E-state index contributed by atoms with van der Waals surface area (Å²) in [6.07, 6.45) is 2.56. The highest BCUT2D eigenvalue weighted by Gasteiger charge is 2.25. The molecule has 0 N–H and O–H groups in total. The van der Waals surface area contributed by atoms with E-state index in [0.29, 0.717) is 6.42 Å². The number of benzene rings is 2. The zero-order valence-corrected chi connectivity index (χ0v) is 16.2. The molecule has 0 bridgehead atoms. The molecule has 1 fully saturated rings. The molecular formula is C23H26N4O. The van der Waals surface area contributed by atoms with E-state index in [2.05, 4.69) is 28.0 Å². The maximum atomic E-state index is 12.8. The van der Waals surface area contributed by atoms with E-state index in [-0.39, 0.29) is 5.91 Å². The maximum Gasteiger partial charge on any atom is 0.228 e. The molecule has 28 heavy (non-hydrogen) atoms. The molecule has 2 aliphatic rings. The molecule has 0 unspecified atom stereocenters. The van der Waals surface area contributed by atoms with E-state index in [1.165, 1.54) is 5.56 Å². The third kappa shape index (κ3) is 3.88. The number of rotatable bonds is 4. The summed E-state index contributed by atoms with van der Waals surface area (Å²) in [5.74, 6) is 0.223. The van der Waals surface area contributed by atoms with Gasteiger partial charge in [0.05, 0.1) is 11.3 Å². The van der Waals surface area contributed by atoms with Crippen LogP contribution in [0.3, 0.4) is 0 Å². The molecule has 0 atom stereocenters. The number of nitrogens with zero attached hydrogens (tertiary/aromatic N) is 4. The number of amides is 1. The van der Waals surface area contributed by atoms with Crippen molar-refractivity contribution in [1.29, 1.82) is 5.26 Å². The molecule has 144 valence electrons. The molecule has 2 aromatic rings. The normalized spacial score (nSPS) is 17.1. The van der Waals surface area contributed by atoms with Gasteiger partial charge in [0.15, 0.2) is 0 Å². The van der Waals surface area contributed by atoms with Gasteiger partial charge in [-0.05, 0) is 43.1 Å². The number of carbonyl (C=O) groups excluding carboxylic acids is 1. The molecule has 0 aromatic heterocycles. The monoisotopic (exact) mass is 374 g/mol. The van der Waals surface area contributed by atoms with Gasteiger partial charge < -0.3 is 14.7 Å². The predicted octanol–water partition coefficient (Wildman–Crippen LogP) is 3.05. The number of anilines is 2. The zero-order chi connectivity index (χ0) is 19.3. The number of carbonyl (C=O) groups is 1. The molecular weight excluding hydrogens is 348 g/mol. The van der Waals surface area contributed by atoms with Crippen molar-refractivity contribution < 1.29 is 4.79 Å². The fraction of sp³-hybridized carbons (Fsp3) is 0.391. The Morgan fingerprint density at radius 1 is 0.929 bits per heavy atom. The van der Waals surface area contributed by atoms with Crippen LogP contribution in [0, 0.1) is 11.3 Å². The summed E-state index contributed by atoms with van der Waals surface area (Å²) in [6.45, 7) is 5.35. The van der Waals surface area contributed by atoms with Crippen molar-refractivity contribution >= 4 is 17.3 Å². The van der Waals surface area contributed by atoms with Crippen molar-refractivity contribution in [3.8, 4) is 6.07 Å². The van der Waals surface area contributed by atoms with Crippen LogP contribution in [0.25, 0.3) is 0 Å². The van der Waals surface area contributed by atoms with Gasteiger partial charge in [-0.25, -0.2) is 0 Å². The van der Waals surface area contributed by atoms with E-state index in [0.717, 1.165) is 69.0 Å². The summed E-state index contributed by atoms with van der Waals surface area (Å²) in [4.78, 5) is 19.4. The Kier molecular flexibility index (Phi) is 5.59. The Bertz CT molecular complexity index is 888. The van der Waals surface area contributed by atoms with Crippen molar-refractivity contribution in [2.75, 3.05) is 49.1 Å². The van der Waals surface area contributed by atoms with Gasteiger partial charge in [-0.3, -0.25) is 4.79 Å². The van der Waals surface area contributed by atoms with Crippen LogP contribution < -0.4 is 9.80 Å². The number of nitriles is 1. The molecule has 0 radical (unpaired) electrons. The van der Waals surface area contributed by atoms with Crippen LogP contribution in [-0.2, 0) is 11.2 Å². The molecule has 4 rings (SSSR count). The minimum absolute atomic E-state index is 0.223. The Balaban J connectivity index is 1.32. The van der Waals surface area contributed by atoms with Crippen LogP contribution >= 0.6 is 0 Å². The first kappa shape index (κ1) is 18.5. The maximum absolute atomic E-state index is 12.8. The van der Waals surface area contributed by atoms with E-state index in [1.54, 1.807) is 0 Å². The number of para-hydroxylation sites is 2. The summed E-state index contributed by atoms with van der Waals surface area (Å²) in [6, 6.07) is 18.3. The molecule has 2 heterocycles. The first-order valence-electron chi connectivity index (χ1n) is 10.1. The summed E-state index contributed by atoms with van der Waals surface area (Å²) in [5, 5.41) is 9.36. The lowest BCUT2D eigenvalue weighted by molar-refractivity contribution is -0.118. The summed E-state index contributed by atoms with van der Waals surface area (Å²) >= 11 is 0. The molecule has 0 aliphatic carbocycles. The number of hydrogen-bond donors (Lipinski definition) is 0. The molecule has 2 aromatic carbocycles. The Morgan fingerprint density at radius 3 is 2.57 bits per heavy atom. The van der Waals surface area contributed by atoms with Crippen LogP contribution in [-0.4, -0.2) is 50.1 Å². The van der Waals surface area contributed by atoms with Gasteiger partial charge in [-0.2, -0.15) is 5.26 Å². The quantitative estimate of drug-likeness (QED) is 0.825. The average molecular weight is 374 g/mol. The highest BCUT2D eigenvalue weighted by Crippen LogP contribution is 2.28. The van der Waals surface area contributed by atoms with Crippen molar-refractivity contribution in [2.45, 2.75) is 19.3 Å². The number of hydrogen-bond acceptors (Lipinski definition) is 4. The van der Waals surface area contributed by atoms with Crippen molar-refractivity contribution in [3.05, 3.63) is 59.7 Å². The van der Waals surface area contributed by atoms with Gasteiger partial charge in [-0.15, -0.1) is 0 Å². The van der Waals surface area contributed by atoms with Gasteiger partial charge in [0.2, 0.25) is 5.91 Å². The fourth-order valence-electron chi connectivity index (χ4n) is 4.27. The second kappa shape index (κ2) is 8.45. The summed E-state index contributed by atoms with van der Waals surface area (Å²) in [7, 11) is 0. The van der Waals surface area contributed by atoms with Crippen molar-refractivity contribution in [2.24, 2.45) is 0 Å². The lowest BCUT2D eigenvalue weighted by atomic mass is 10.1. The standard InChI is InChI=1S/C23H26N4O/c24-18-20-7-2-3-8-21(20)26-13-5-12-25(16-17-26)14-11-23(28)27-15-10-19-6-1-4-9-22(19)27/h1-4,6-9H,5,10-17H2. The topological polar surface area (TPSA) is 50.6 Å². The van der Waals surface area contributed by atoms with E-state index >= 15 is 0 Å². The molecule has 0 spiro atoms. The Hall–Kier alpha value is -2.84. The molecule has 1 saturated heterocycles. The second-order valence-electron chi connectivity index (χ2n) is 7.49. The molecule has 5 nitrogen and oxygen atoms in total. The SMILES string of the molecule is N#Cc1ccccc1N1CCCN(CCC(=O)N2CCc3ccccc32)CC1. The number of fused-ring (bicyclic) bond motifs is 1.